The van der Waals surface area contributed by atoms with E-state index in [1.807, 2.05) is 5.38 Å². The van der Waals surface area contributed by atoms with Crippen LogP contribution in [0.2, 0.25) is 5.28 Å². The van der Waals surface area contributed by atoms with Crippen LogP contribution in [-0.4, -0.2) is 36.8 Å². The Hall–Kier alpha value is -0.910. The van der Waals surface area contributed by atoms with Gasteiger partial charge in [-0.2, -0.15) is 4.98 Å². The summed E-state index contributed by atoms with van der Waals surface area (Å²) in [5, 5.41) is 3.47. The molecule has 2 aromatic heterocycles. The first-order valence-corrected chi connectivity index (χ1v) is 7.68. The van der Waals surface area contributed by atoms with Crippen molar-refractivity contribution in [2.24, 2.45) is 5.92 Å². The smallest absolute Gasteiger partial charge is 0.225 e. The second kappa shape index (κ2) is 5.61. The van der Waals surface area contributed by atoms with Crippen molar-refractivity contribution in [3.63, 3.8) is 0 Å². The number of rotatable bonds is 3. The first-order valence-electron chi connectivity index (χ1n) is 6.42. The topological polar surface area (TPSA) is 38.2 Å². The summed E-state index contributed by atoms with van der Waals surface area (Å²) < 4.78 is 5.28. The molecule has 1 saturated heterocycles. The van der Waals surface area contributed by atoms with Crippen LogP contribution in [0.15, 0.2) is 11.4 Å². The molecule has 1 aliphatic rings. The lowest BCUT2D eigenvalue weighted by Crippen LogP contribution is -2.37. The number of hydrogen-bond acceptors (Lipinski definition) is 5. The van der Waals surface area contributed by atoms with Crippen LogP contribution in [-0.2, 0) is 4.74 Å². The van der Waals surface area contributed by atoms with Crippen molar-refractivity contribution in [1.29, 1.82) is 0 Å². The molecule has 4 nitrogen and oxygen atoms in total. The molecule has 1 unspecified atom stereocenters. The number of anilines is 1. The SMILES string of the molecule is COCC1CCCN(c2nc(Cl)nc3sccc23)C1. The Kier molecular flexibility index (Phi) is 3.86. The Morgan fingerprint density at radius 1 is 1.53 bits per heavy atom. The summed E-state index contributed by atoms with van der Waals surface area (Å²) in [5.41, 5.74) is 0. The highest BCUT2D eigenvalue weighted by Crippen LogP contribution is 2.31. The van der Waals surface area contributed by atoms with Crippen molar-refractivity contribution in [2.45, 2.75) is 12.8 Å². The fourth-order valence-electron chi connectivity index (χ4n) is 2.68. The van der Waals surface area contributed by atoms with E-state index in [4.69, 9.17) is 16.3 Å². The minimum atomic E-state index is 0.332. The minimum Gasteiger partial charge on any atom is -0.384 e. The summed E-state index contributed by atoms with van der Waals surface area (Å²) in [4.78, 5) is 12.0. The molecule has 6 heteroatoms. The van der Waals surface area contributed by atoms with Gasteiger partial charge in [-0.3, -0.25) is 0 Å². The van der Waals surface area contributed by atoms with Gasteiger partial charge < -0.3 is 9.64 Å². The van der Waals surface area contributed by atoms with Crippen LogP contribution in [0.4, 0.5) is 5.82 Å². The first-order chi connectivity index (χ1) is 9.28. The van der Waals surface area contributed by atoms with Gasteiger partial charge in [-0.25, -0.2) is 4.98 Å². The molecule has 0 N–H and O–H groups in total. The molecule has 0 aliphatic carbocycles. The minimum absolute atomic E-state index is 0.332. The standard InChI is InChI=1S/C13H16ClN3OS/c1-18-8-9-3-2-5-17(7-9)11-10-4-6-19-12(10)16-13(14)15-11/h4,6,9H,2-3,5,7-8H2,1H3. The van der Waals surface area contributed by atoms with Crippen LogP contribution in [0.1, 0.15) is 12.8 Å². The van der Waals surface area contributed by atoms with Gasteiger partial charge in [0, 0.05) is 20.2 Å². The zero-order chi connectivity index (χ0) is 13.2. The number of piperidine rings is 1. The average Bonchev–Trinajstić information content (AvgIpc) is 2.86. The Morgan fingerprint density at radius 3 is 3.26 bits per heavy atom. The van der Waals surface area contributed by atoms with E-state index in [0.717, 1.165) is 35.7 Å². The van der Waals surface area contributed by atoms with Crippen LogP contribution >= 0.6 is 22.9 Å². The van der Waals surface area contributed by atoms with E-state index < -0.39 is 0 Å². The number of hydrogen-bond donors (Lipinski definition) is 0. The number of ether oxygens (including phenoxy) is 1. The maximum atomic E-state index is 6.03. The highest BCUT2D eigenvalue weighted by Gasteiger charge is 2.23. The molecule has 0 bridgehead atoms. The van der Waals surface area contributed by atoms with Gasteiger partial charge in [0.1, 0.15) is 10.6 Å². The van der Waals surface area contributed by atoms with Gasteiger partial charge in [0.15, 0.2) is 0 Å². The Balaban J connectivity index is 1.92. The summed E-state index contributed by atoms with van der Waals surface area (Å²) in [6.45, 7) is 2.81. The molecule has 102 valence electrons. The molecule has 0 saturated carbocycles. The number of halogens is 1. The van der Waals surface area contributed by atoms with Gasteiger partial charge in [-0.1, -0.05) is 0 Å². The normalized spacial score (nSPS) is 20.1. The van der Waals surface area contributed by atoms with Gasteiger partial charge in [-0.15, -0.1) is 11.3 Å². The predicted octanol–water partition coefficient (Wildman–Crippen LogP) is 3.21. The number of methoxy groups -OCH3 is 1. The molecule has 1 fully saturated rings. The van der Waals surface area contributed by atoms with Crippen molar-refractivity contribution in [3.05, 3.63) is 16.7 Å². The van der Waals surface area contributed by atoms with Gasteiger partial charge in [0.05, 0.1) is 12.0 Å². The van der Waals surface area contributed by atoms with Crippen LogP contribution in [0.3, 0.4) is 0 Å². The number of nitrogens with zero attached hydrogens (tertiary/aromatic N) is 3. The zero-order valence-electron chi connectivity index (χ0n) is 10.8. The molecule has 0 spiro atoms. The lowest BCUT2D eigenvalue weighted by Gasteiger charge is -2.33. The molecule has 0 aromatic carbocycles. The van der Waals surface area contributed by atoms with E-state index in [-0.39, 0.29) is 0 Å². The fraction of sp³-hybridized carbons (Fsp3) is 0.538. The highest BCUT2D eigenvalue weighted by molar-refractivity contribution is 7.16. The van der Waals surface area contributed by atoms with Gasteiger partial charge in [-0.05, 0) is 41.8 Å². The van der Waals surface area contributed by atoms with E-state index in [9.17, 15) is 0 Å². The Bertz CT molecular complexity index is 572. The van der Waals surface area contributed by atoms with Crippen molar-refractivity contribution >= 4 is 39.0 Å². The summed E-state index contributed by atoms with van der Waals surface area (Å²) in [6, 6.07) is 2.07. The van der Waals surface area contributed by atoms with Gasteiger partial charge >= 0.3 is 0 Å². The van der Waals surface area contributed by atoms with E-state index in [2.05, 4.69) is 20.9 Å². The Labute approximate surface area is 121 Å². The third-order valence-corrected chi connectivity index (χ3v) is 4.47. The predicted molar refractivity (Wildman–Crippen MR) is 79.2 cm³/mol. The van der Waals surface area contributed by atoms with E-state index in [0.29, 0.717) is 11.2 Å². The van der Waals surface area contributed by atoms with Crippen molar-refractivity contribution in [2.75, 3.05) is 31.7 Å². The zero-order valence-corrected chi connectivity index (χ0v) is 12.4. The van der Waals surface area contributed by atoms with Crippen LogP contribution in [0, 0.1) is 5.92 Å². The van der Waals surface area contributed by atoms with Crippen molar-refractivity contribution < 1.29 is 4.74 Å². The van der Waals surface area contributed by atoms with E-state index in [1.54, 1.807) is 18.4 Å². The second-order valence-electron chi connectivity index (χ2n) is 4.87. The molecular weight excluding hydrogens is 282 g/mol. The van der Waals surface area contributed by atoms with Crippen LogP contribution < -0.4 is 4.90 Å². The lowest BCUT2D eigenvalue weighted by molar-refractivity contribution is 0.143. The summed E-state index contributed by atoms with van der Waals surface area (Å²) in [6.07, 6.45) is 2.39. The van der Waals surface area contributed by atoms with Crippen LogP contribution in [0.5, 0.6) is 0 Å². The monoisotopic (exact) mass is 297 g/mol. The van der Waals surface area contributed by atoms with E-state index in [1.165, 1.54) is 12.8 Å². The first kappa shape index (κ1) is 13.1. The molecular formula is C13H16ClN3OS. The third kappa shape index (κ3) is 2.68. The third-order valence-electron chi connectivity index (χ3n) is 3.50. The summed E-state index contributed by atoms with van der Waals surface area (Å²) >= 11 is 7.63. The number of aromatic nitrogens is 2. The lowest BCUT2D eigenvalue weighted by atomic mass is 9.99. The molecule has 3 heterocycles. The van der Waals surface area contributed by atoms with Crippen LogP contribution in [0.25, 0.3) is 10.2 Å². The molecule has 1 atom stereocenters. The van der Waals surface area contributed by atoms with E-state index >= 15 is 0 Å². The molecule has 1 aliphatic heterocycles. The second-order valence-corrected chi connectivity index (χ2v) is 6.10. The quantitative estimate of drug-likeness (QED) is 0.816. The van der Waals surface area contributed by atoms with Gasteiger partial charge in [0.25, 0.3) is 0 Å². The van der Waals surface area contributed by atoms with Crippen molar-refractivity contribution in [3.8, 4) is 0 Å². The summed E-state index contributed by atoms with van der Waals surface area (Å²) in [7, 11) is 1.76. The molecule has 3 rings (SSSR count). The fourth-order valence-corrected chi connectivity index (χ4v) is 3.66. The Morgan fingerprint density at radius 2 is 2.42 bits per heavy atom. The largest absolute Gasteiger partial charge is 0.384 e. The molecule has 0 amide bonds. The number of fused-ring (bicyclic) bond motifs is 1. The average molecular weight is 298 g/mol. The maximum absolute atomic E-state index is 6.03. The van der Waals surface area contributed by atoms with Gasteiger partial charge in [0.2, 0.25) is 5.28 Å². The molecule has 2 aromatic rings. The molecule has 19 heavy (non-hydrogen) atoms. The van der Waals surface area contributed by atoms with Crippen molar-refractivity contribution in [1.82, 2.24) is 9.97 Å². The summed E-state index contributed by atoms with van der Waals surface area (Å²) in [5.74, 6) is 1.54. The number of thiophene rings is 1. The molecule has 0 radical (unpaired) electrons. The highest BCUT2D eigenvalue weighted by atomic mass is 35.5. The maximum Gasteiger partial charge on any atom is 0.225 e.